The molecule has 0 bridgehead atoms. The minimum atomic E-state index is -0.158. The lowest BCUT2D eigenvalue weighted by atomic mass is 10.1. The summed E-state index contributed by atoms with van der Waals surface area (Å²) >= 11 is 1.51. The van der Waals surface area contributed by atoms with Crippen LogP contribution in [-0.2, 0) is 19.6 Å². The lowest BCUT2D eigenvalue weighted by Gasteiger charge is -2.22. The lowest BCUT2D eigenvalue weighted by molar-refractivity contribution is 0.0935. The van der Waals surface area contributed by atoms with Gasteiger partial charge >= 0.3 is 0 Å². The molecule has 0 saturated heterocycles. The molecule has 0 saturated carbocycles. The Morgan fingerprint density at radius 1 is 0.972 bits per heavy atom. The number of aromatic nitrogens is 1. The molecule has 1 atom stereocenters. The van der Waals surface area contributed by atoms with E-state index >= 15 is 0 Å². The van der Waals surface area contributed by atoms with Crippen molar-refractivity contribution in [3.8, 4) is 11.5 Å². The molecule has 1 amide bonds. The zero-order chi connectivity index (χ0) is 24.9. The highest BCUT2D eigenvalue weighted by Gasteiger charge is 2.18. The minimum Gasteiger partial charge on any atom is -0.454 e. The Kier molecular flexibility index (Phi) is 7.30. The molecule has 0 spiro atoms. The number of hydrogen-bond donors (Lipinski definition) is 1. The molecule has 0 aliphatic carbocycles. The average molecular weight is 500 g/mol. The summed E-state index contributed by atoms with van der Waals surface area (Å²) in [6.45, 7) is 6.45. The lowest BCUT2D eigenvalue weighted by Crippen LogP contribution is -2.27. The summed E-state index contributed by atoms with van der Waals surface area (Å²) in [5.74, 6) is 1.40. The van der Waals surface area contributed by atoms with Crippen molar-refractivity contribution in [3.63, 3.8) is 0 Å². The average Bonchev–Trinajstić information content (AvgIpc) is 3.55. The second-order valence-electron chi connectivity index (χ2n) is 9.05. The van der Waals surface area contributed by atoms with E-state index in [1.807, 2.05) is 54.8 Å². The fraction of sp³-hybridized carbons (Fsp3) is 0.241. The molecule has 36 heavy (non-hydrogen) atoms. The SMILES string of the molecule is Cc1ccc(CN(Cc2ccc3c(c2)OCO3)Cc2nc(C(=O)NC(C)c3ccccc3)cs2)cc1. The highest BCUT2D eigenvalue weighted by molar-refractivity contribution is 7.09. The van der Waals surface area contributed by atoms with Gasteiger partial charge in [0.25, 0.3) is 5.91 Å². The third-order valence-corrected chi connectivity index (χ3v) is 6.99. The number of carbonyl (C=O) groups is 1. The van der Waals surface area contributed by atoms with E-state index in [2.05, 4.69) is 52.5 Å². The summed E-state index contributed by atoms with van der Waals surface area (Å²) in [6, 6.07) is 24.5. The van der Waals surface area contributed by atoms with E-state index in [-0.39, 0.29) is 18.7 Å². The maximum Gasteiger partial charge on any atom is 0.271 e. The first-order valence-corrected chi connectivity index (χ1v) is 12.9. The predicted octanol–water partition coefficient (Wildman–Crippen LogP) is 5.87. The number of hydrogen-bond acceptors (Lipinski definition) is 6. The molecule has 1 aliphatic heterocycles. The predicted molar refractivity (Wildman–Crippen MR) is 141 cm³/mol. The molecule has 0 radical (unpaired) electrons. The highest BCUT2D eigenvalue weighted by Crippen LogP contribution is 2.33. The van der Waals surface area contributed by atoms with Crippen molar-refractivity contribution in [1.82, 2.24) is 15.2 Å². The topological polar surface area (TPSA) is 63.7 Å². The fourth-order valence-corrected chi connectivity index (χ4v) is 5.01. The molecule has 184 valence electrons. The van der Waals surface area contributed by atoms with Crippen molar-refractivity contribution < 1.29 is 14.3 Å². The fourth-order valence-electron chi connectivity index (χ4n) is 4.19. The van der Waals surface area contributed by atoms with Crippen LogP contribution in [0, 0.1) is 6.92 Å². The van der Waals surface area contributed by atoms with Crippen LogP contribution in [0.15, 0.2) is 78.2 Å². The molecular weight excluding hydrogens is 470 g/mol. The van der Waals surface area contributed by atoms with E-state index < -0.39 is 0 Å². The number of nitrogens with one attached hydrogen (secondary N) is 1. The summed E-state index contributed by atoms with van der Waals surface area (Å²) in [7, 11) is 0. The number of benzene rings is 3. The van der Waals surface area contributed by atoms with Crippen molar-refractivity contribution in [2.24, 2.45) is 0 Å². The van der Waals surface area contributed by atoms with E-state index in [0.717, 1.165) is 40.7 Å². The summed E-state index contributed by atoms with van der Waals surface area (Å²) in [5, 5.41) is 5.80. The van der Waals surface area contributed by atoms with Gasteiger partial charge in [0.1, 0.15) is 10.7 Å². The normalized spacial score (nSPS) is 13.1. The number of amides is 1. The first-order chi connectivity index (χ1) is 17.5. The van der Waals surface area contributed by atoms with Crippen molar-refractivity contribution in [2.75, 3.05) is 6.79 Å². The monoisotopic (exact) mass is 499 g/mol. The molecule has 2 heterocycles. The maximum absolute atomic E-state index is 12.8. The molecule has 1 aliphatic rings. The van der Waals surface area contributed by atoms with Gasteiger partial charge in [-0.05, 0) is 42.7 Å². The first-order valence-electron chi connectivity index (χ1n) is 12.0. The van der Waals surface area contributed by atoms with Crippen LogP contribution in [0.2, 0.25) is 0 Å². The van der Waals surface area contributed by atoms with E-state index in [1.54, 1.807) is 0 Å². The molecule has 0 fully saturated rings. The van der Waals surface area contributed by atoms with Gasteiger partial charge < -0.3 is 14.8 Å². The number of nitrogens with zero attached hydrogens (tertiary/aromatic N) is 2. The number of fused-ring (bicyclic) bond motifs is 1. The molecule has 5 rings (SSSR count). The Balaban J connectivity index is 1.29. The van der Waals surface area contributed by atoms with Crippen LogP contribution < -0.4 is 14.8 Å². The van der Waals surface area contributed by atoms with Crippen LogP contribution in [0.3, 0.4) is 0 Å². The smallest absolute Gasteiger partial charge is 0.271 e. The van der Waals surface area contributed by atoms with Gasteiger partial charge in [-0.15, -0.1) is 11.3 Å². The third kappa shape index (κ3) is 5.93. The van der Waals surface area contributed by atoms with E-state index in [0.29, 0.717) is 12.2 Å². The molecule has 1 unspecified atom stereocenters. The van der Waals surface area contributed by atoms with Crippen molar-refractivity contribution in [3.05, 3.63) is 111 Å². The van der Waals surface area contributed by atoms with Crippen molar-refractivity contribution in [1.29, 1.82) is 0 Å². The Bertz CT molecular complexity index is 1320. The van der Waals surface area contributed by atoms with Crippen LogP contribution in [-0.4, -0.2) is 22.6 Å². The summed E-state index contributed by atoms with van der Waals surface area (Å²) in [4.78, 5) is 19.8. The standard InChI is InChI=1S/C29H29N3O3S/c1-20-8-10-22(11-9-20)15-32(16-23-12-13-26-27(14-23)35-19-34-26)17-28-31-25(18-36-28)29(33)30-21(2)24-6-4-3-5-7-24/h3-14,18,21H,15-17,19H2,1-2H3,(H,30,33). The second-order valence-corrected chi connectivity index (χ2v) is 9.99. The van der Waals surface area contributed by atoms with Gasteiger partial charge in [0.05, 0.1) is 12.6 Å². The molecule has 7 heteroatoms. The molecule has 3 aromatic carbocycles. The van der Waals surface area contributed by atoms with Gasteiger partial charge in [-0.25, -0.2) is 4.98 Å². The maximum atomic E-state index is 12.8. The van der Waals surface area contributed by atoms with Gasteiger partial charge in [0.2, 0.25) is 6.79 Å². The van der Waals surface area contributed by atoms with E-state index in [4.69, 9.17) is 9.47 Å². The van der Waals surface area contributed by atoms with Gasteiger partial charge in [-0.1, -0.05) is 66.2 Å². The van der Waals surface area contributed by atoms with E-state index in [9.17, 15) is 4.79 Å². The molecule has 4 aromatic rings. The van der Waals surface area contributed by atoms with Gasteiger partial charge in [0.15, 0.2) is 11.5 Å². The zero-order valence-electron chi connectivity index (χ0n) is 20.4. The number of aryl methyl sites for hydroxylation is 1. The third-order valence-electron chi connectivity index (χ3n) is 6.16. The van der Waals surface area contributed by atoms with Crippen LogP contribution in [0.4, 0.5) is 0 Å². The quantitative estimate of drug-likeness (QED) is 0.312. The van der Waals surface area contributed by atoms with Crippen LogP contribution in [0.25, 0.3) is 0 Å². The Morgan fingerprint density at radius 2 is 1.69 bits per heavy atom. The Hall–Kier alpha value is -3.68. The van der Waals surface area contributed by atoms with Crippen LogP contribution >= 0.6 is 11.3 Å². The van der Waals surface area contributed by atoms with Crippen LogP contribution in [0.1, 0.15) is 50.7 Å². The Labute approximate surface area is 215 Å². The van der Waals surface area contributed by atoms with Crippen molar-refractivity contribution >= 4 is 17.2 Å². The van der Waals surface area contributed by atoms with Crippen LogP contribution in [0.5, 0.6) is 11.5 Å². The number of carbonyl (C=O) groups excluding carboxylic acids is 1. The number of rotatable bonds is 9. The summed E-state index contributed by atoms with van der Waals surface area (Å²) in [6.07, 6.45) is 0. The number of thiazole rings is 1. The van der Waals surface area contributed by atoms with Gasteiger partial charge in [-0.3, -0.25) is 9.69 Å². The molecule has 1 aromatic heterocycles. The highest BCUT2D eigenvalue weighted by atomic mass is 32.1. The second kappa shape index (κ2) is 10.9. The zero-order valence-corrected chi connectivity index (χ0v) is 21.3. The van der Waals surface area contributed by atoms with E-state index in [1.165, 1.54) is 22.5 Å². The number of ether oxygens (including phenoxy) is 2. The largest absolute Gasteiger partial charge is 0.454 e. The molecule has 6 nitrogen and oxygen atoms in total. The Morgan fingerprint density at radius 3 is 2.50 bits per heavy atom. The molecular formula is C29H29N3O3S. The van der Waals surface area contributed by atoms with Crippen molar-refractivity contribution in [2.45, 2.75) is 39.5 Å². The molecule has 1 N–H and O–H groups in total. The van der Waals surface area contributed by atoms with Gasteiger partial charge in [-0.2, -0.15) is 0 Å². The summed E-state index contributed by atoms with van der Waals surface area (Å²) < 4.78 is 11.0. The minimum absolute atomic E-state index is 0.0899. The summed E-state index contributed by atoms with van der Waals surface area (Å²) in [5.41, 5.74) is 5.12. The first kappa shape index (κ1) is 24.0. The van der Waals surface area contributed by atoms with Gasteiger partial charge in [0, 0.05) is 18.5 Å².